The highest BCUT2D eigenvalue weighted by molar-refractivity contribution is 9.10. The Hall–Kier alpha value is -0.550. The van der Waals surface area contributed by atoms with Crippen LogP contribution in [0.1, 0.15) is 29.8 Å². The molecule has 0 fully saturated rings. The molecule has 2 rings (SSSR count). The minimum Gasteiger partial charge on any atom is -0.310 e. The highest BCUT2D eigenvalue weighted by atomic mass is 79.9. The van der Waals surface area contributed by atoms with Crippen LogP contribution in [0.3, 0.4) is 0 Å². The summed E-state index contributed by atoms with van der Waals surface area (Å²) in [6.45, 7) is 4.91. The van der Waals surface area contributed by atoms with E-state index in [1.165, 1.54) is 0 Å². The minimum atomic E-state index is 0.0976. The standard InChI is InChI=1S/C15H18BrCl2N3/c1-4-19-13(10-6-5-7-12(16)14(10)17)8-11-9(2)20-21(3)15(11)18/h5-7,13,19H,4,8H2,1-3H3. The predicted molar refractivity (Wildman–Crippen MR) is 92.2 cm³/mol. The Morgan fingerprint density at radius 1 is 1.38 bits per heavy atom. The molecule has 1 atom stereocenters. The van der Waals surface area contributed by atoms with Crippen molar-refractivity contribution >= 4 is 39.1 Å². The molecule has 0 aliphatic rings. The van der Waals surface area contributed by atoms with Crippen LogP contribution < -0.4 is 5.32 Å². The summed E-state index contributed by atoms with van der Waals surface area (Å²) in [7, 11) is 1.85. The first-order valence-electron chi connectivity index (χ1n) is 6.81. The lowest BCUT2D eigenvalue weighted by molar-refractivity contribution is 0.548. The number of halogens is 3. The van der Waals surface area contributed by atoms with Crippen molar-refractivity contribution in [1.82, 2.24) is 15.1 Å². The molecule has 2 aromatic rings. The Morgan fingerprint density at radius 2 is 2.10 bits per heavy atom. The molecular formula is C15H18BrCl2N3. The number of hydrogen-bond acceptors (Lipinski definition) is 2. The van der Waals surface area contributed by atoms with Crippen LogP contribution in [-0.4, -0.2) is 16.3 Å². The fraction of sp³-hybridized carbons (Fsp3) is 0.400. The summed E-state index contributed by atoms with van der Waals surface area (Å²) in [5.41, 5.74) is 3.07. The highest BCUT2D eigenvalue weighted by Gasteiger charge is 2.20. The summed E-state index contributed by atoms with van der Waals surface area (Å²) in [6, 6.07) is 6.07. The third-order valence-corrected chi connectivity index (χ3v) is 5.27. The average Bonchev–Trinajstić information content (AvgIpc) is 2.68. The zero-order chi connectivity index (χ0) is 15.6. The molecule has 0 spiro atoms. The van der Waals surface area contributed by atoms with Crippen LogP contribution in [0.4, 0.5) is 0 Å². The van der Waals surface area contributed by atoms with Crippen molar-refractivity contribution in [3.8, 4) is 0 Å². The zero-order valence-electron chi connectivity index (χ0n) is 12.3. The fourth-order valence-electron chi connectivity index (χ4n) is 2.44. The van der Waals surface area contributed by atoms with Gasteiger partial charge < -0.3 is 5.32 Å². The molecule has 0 aliphatic heterocycles. The normalized spacial score (nSPS) is 12.7. The van der Waals surface area contributed by atoms with E-state index in [1.54, 1.807) is 4.68 Å². The van der Waals surface area contributed by atoms with Crippen LogP contribution in [0.2, 0.25) is 10.2 Å². The maximum atomic E-state index is 6.43. The molecule has 0 radical (unpaired) electrons. The minimum absolute atomic E-state index is 0.0976. The van der Waals surface area contributed by atoms with Gasteiger partial charge in [0.2, 0.25) is 0 Å². The third-order valence-electron chi connectivity index (χ3n) is 3.49. The van der Waals surface area contributed by atoms with Crippen molar-refractivity contribution in [2.45, 2.75) is 26.3 Å². The SMILES string of the molecule is CCNC(Cc1c(C)nn(C)c1Cl)c1cccc(Br)c1Cl. The Kier molecular flexibility index (Phi) is 5.72. The highest BCUT2D eigenvalue weighted by Crippen LogP contribution is 2.33. The van der Waals surface area contributed by atoms with E-state index >= 15 is 0 Å². The van der Waals surface area contributed by atoms with Crippen molar-refractivity contribution in [3.63, 3.8) is 0 Å². The van der Waals surface area contributed by atoms with Crippen LogP contribution in [0.15, 0.2) is 22.7 Å². The topological polar surface area (TPSA) is 29.9 Å². The fourth-order valence-corrected chi connectivity index (χ4v) is 3.33. The summed E-state index contributed by atoms with van der Waals surface area (Å²) >= 11 is 16.3. The molecule has 1 heterocycles. The second-order valence-corrected chi connectivity index (χ2v) is 6.53. The van der Waals surface area contributed by atoms with E-state index in [-0.39, 0.29) is 6.04 Å². The number of likely N-dealkylation sites (N-methyl/N-ethyl adjacent to an activating group) is 1. The van der Waals surface area contributed by atoms with E-state index in [2.05, 4.69) is 33.3 Å². The molecule has 0 bridgehead atoms. The van der Waals surface area contributed by atoms with Crippen LogP contribution in [0.5, 0.6) is 0 Å². The molecule has 1 aromatic heterocycles. The van der Waals surface area contributed by atoms with Gasteiger partial charge in [-0.25, -0.2) is 0 Å². The number of rotatable bonds is 5. The molecule has 1 aromatic carbocycles. The Labute approximate surface area is 143 Å². The predicted octanol–water partition coefficient (Wildman–Crippen LogP) is 4.69. The van der Waals surface area contributed by atoms with E-state index < -0.39 is 0 Å². The lowest BCUT2D eigenvalue weighted by Crippen LogP contribution is -2.23. The Balaban J connectivity index is 2.38. The maximum absolute atomic E-state index is 6.43. The molecule has 0 amide bonds. The molecule has 3 nitrogen and oxygen atoms in total. The van der Waals surface area contributed by atoms with Crippen molar-refractivity contribution in [2.75, 3.05) is 6.54 Å². The van der Waals surface area contributed by atoms with E-state index in [0.29, 0.717) is 5.15 Å². The van der Waals surface area contributed by atoms with Gasteiger partial charge in [0, 0.05) is 23.1 Å². The van der Waals surface area contributed by atoms with Crippen LogP contribution in [0.25, 0.3) is 0 Å². The van der Waals surface area contributed by atoms with Crippen LogP contribution in [0, 0.1) is 6.92 Å². The van der Waals surface area contributed by atoms with Crippen molar-refractivity contribution < 1.29 is 0 Å². The van der Waals surface area contributed by atoms with E-state index in [9.17, 15) is 0 Å². The summed E-state index contributed by atoms with van der Waals surface area (Å²) in [4.78, 5) is 0. The first kappa shape index (κ1) is 16.8. The molecule has 0 saturated heterocycles. The molecule has 0 aliphatic carbocycles. The van der Waals surface area contributed by atoms with Gasteiger partial charge in [0.15, 0.2) is 0 Å². The number of hydrogen-bond donors (Lipinski definition) is 1. The average molecular weight is 391 g/mol. The molecule has 0 saturated carbocycles. The summed E-state index contributed by atoms with van der Waals surface area (Å²) in [5, 5.41) is 9.27. The van der Waals surface area contributed by atoms with Gasteiger partial charge in [0.05, 0.1) is 10.7 Å². The first-order chi connectivity index (χ1) is 9.95. The van der Waals surface area contributed by atoms with Gasteiger partial charge in [-0.05, 0) is 47.4 Å². The second-order valence-electron chi connectivity index (χ2n) is 4.94. The Morgan fingerprint density at radius 3 is 2.67 bits per heavy atom. The number of nitrogens with zero attached hydrogens (tertiary/aromatic N) is 2. The van der Waals surface area contributed by atoms with Gasteiger partial charge in [0.25, 0.3) is 0 Å². The summed E-state index contributed by atoms with van der Waals surface area (Å²) in [6.07, 6.45) is 0.753. The molecular weight excluding hydrogens is 373 g/mol. The lowest BCUT2D eigenvalue weighted by Gasteiger charge is -2.20. The summed E-state index contributed by atoms with van der Waals surface area (Å²) in [5.74, 6) is 0. The second kappa shape index (κ2) is 7.14. The molecule has 6 heteroatoms. The number of aromatic nitrogens is 2. The molecule has 1 N–H and O–H groups in total. The van der Waals surface area contributed by atoms with Gasteiger partial charge in [-0.2, -0.15) is 5.10 Å². The van der Waals surface area contributed by atoms with Crippen molar-refractivity contribution in [2.24, 2.45) is 7.05 Å². The Bertz CT molecular complexity index is 640. The van der Waals surface area contributed by atoms with Crippen LogP contribution in [-0.2, 0) is 13.5 Å². The van der Waals surface area contributed by atoms with Gasteiger partial charge >= 0.3 is 0 Å². The largest absolute Gasteiger partial charge is 0.310 e. The first-order valence-corrected chi connectivity index (χ1v) is 8.35. The molecule has 21 heavy (non-hydrogen) atoms. The van der Waals surface area contributed by atoms with Gasteiger partial charge in [-0.1, -0.05) is 42.3 Å². The van der Waals surface area contributed by atoms with Crippen molar-refractivity contribution in [3.05, 3.63) is 49.7 Å². The smallest absolute Gasteiger partial charge is 0.130 e. The monoisotopic (exact) mass is 389 g/mol. The van der Waals surface area contributed by atoms with Crippen LogP contribution >= 0.6 is 39.1 Å². The molecule has 1 unspecified atom stereocenters. The lowest BCUT2D eigenvalue weighted by atomic mass is 9.99. The number of aryl methyl sites for hydroxylation is 2. The van der Waals surface area contributed by atoms with Gasteiger partial charge in [0.1, 0.15) is 5.15 Å². The number of nitrogens with one attached hydrogen (secondary N) is 1. The quantitative estimate of drug-likeness (QED) is 0.802. The third kappa shape index (κ3) is 3.62. The summed E-state index contributed by atoms with van der Waals surface area (Å²) < 4.78 is 2.61. The molecule has 114 valence electrons. The zero-order valence-corrected chi connectivity index (χ0v) is 15.3. The van der Waals surface area contributed by atoms with E-state index in [0.717, 1.165) is 39.3 Å². The number of benzene rings is 1. The van der Waals surface area contributed by atoms with Gasteiger partial charge in [-0.3, -0.25) is 4.68 Å². The van der Waals surface area contributed by atoms with Crippen molar-refractivity contribution in [1.29, 1.82) is 0 Å². The van der Waals surface area contributed by atoms with E-state index in [1.807, 2.05) is 32.2 Å². The maximum Gasteiger partial charge on any atom is 0.130 e. The van der Waals surface area contributed by atoms with E-state index in [4.69, 9.17) is 23.2 Å². The van der Waals surface area contributed by atoms with Gasteiger partial charge in [-0.15, -0.1) is 0 Å².